The third-order valence-electron chi connectivity index (χ3n) is 2.35. The number of hydrogen-bond donors (Lipinski definition) is 1. The standard InChI is InChI=1S/C17H34NO7P/c1-12(19)13(18-14(20)23-15(2,3)4)11-22-26(21,24-16(5,6)7)25-17(8,9)10/h13H,11H2,1-10H3,(H,18,20)/t13-/m1/s1. The lowest BCUT2D eigenvalue weighted by Crippen LogP contribution is -2.45. The third-order valence-corrected chi connectivity index (χ3v) is 4.36. The van der Waals surface area contributed by atoms with Crippen molar-refractivity contribution in [3.05, 3.63) is 0 Å². The molecule has 1 N–H and O–H groups in total. The summed E-state index contributed by atoms with van der Waals surface area (Å²) in [6.45, 7) is 16.2. The van der Waals surface area contributed by atoms with Gasteiger partial charge in [-0.05, 0) is 69.2 Å². The molecule has 0 aromatic heterocycles. The zero-order valence-corrected chi connectivity index (χ0v) is 18.5. The first-order chi connectivity index (χ1) is 11.3. The van der Waals surface area contributed by atoms with Gasteiger partial charge in [-0.25, -0.2) is 9.36 Å². The van der Waals surface area contributed by atoms with E-state index < -0.39 is 36.8 Å². The topological polar surface area (TPSA) is 100 Å². The summed E-state index contributed by atoms with van der Waals surface area (Å²) >= 11 is 0. The van der Waals surface area contributed by atoms with Crippen LogP contribution in [0, 0.1) is 0 Å². The second kappa shape index (κ2) is 8.83. The average Bonchev–Trinajstić information content (AvgIpc) is 2.26. The second-order valence-electron chi connectivity index (χ2n) is 8.96. The van der Waals surface area contributed by atoms with Crippen LogP contribution in [-0.4, -0.2) is 41.3 Å². The summed E-state index contributed by atoms with van der Waals surface area (Å²) in [5.41, 5.74) is -2.32. The Bertz CT molecular complexity index is 521. The Morgan fingerprint density at radius 2 is 1.31 bits per heavy atom. The van der Waals surface area contributed by atoms with Crippen LogP contribution in [0.15, 0.2) is 0 Å². The smallest absolute Gasteiger partial charge is 0.444 e. The fourth-order valence-corrected chi connectivity index (χ4v) is 3.43. The largest absolute Gasteiger partial charge is 0.475 e. The number of hydrogen-bond acceptors (Lipinski definition) is 7. The van der Waals surface area contributed by atoms with Crippen molar-refractivity contribution in [3.63, 3.8) is 0 Å². The number of alkyl carbamates (subject to hydrolysis) is 1. The normalized spacial score (nSPS) is 14.7. The van der Waals surface area contributed by atoms with Gasteiger partial charge in [0.15, 0.2) is 5.78 Å². The number of amides is 1. The summed E-state index contributed by atoms with van der Waals surface area (Å²) in [5, 5.41) is 2.40. The molecule has 0 fully saturated rings. The highest BCUT2D eigenvalue weighted by Gasteiger charge is 2.38. The minimum absolute atomic E-state index is 0.377. The molecule has 0 aromatic carbocycles. The predicted octanol–water partition coefficient (Wildman–Crippen LogP) is 4.22. The number of carbonyl (C=O) groups is 2. The quantitative estimate of drug-likeness (QED) is 0.644. The van der Waals surface area contributed by atoms with Crippen molar-refractivity contribution in [2.45, 2.75) is 92.1 Å². The molecular formula is C17H34NO7P. The Kier molecular flexibility index (Phi) is 8.50. The molecule has 0 aliphatic rings. The van der Waals surface area contributed by atoms with Gasteiger partial charge in [-0.15, -0.1) is 0 Å². The van der Waals surface area contributed by atoms with E-state index in [0.717, 1.165) is 0 Å². The molecule has 0 heterocycles. The maximum atomic E-state index is 13.0. The summed E-state index contributed by atoms with van der Waals surface area (Å²) in [7, 11) is -3.98. The van der Waals surface area contributed by atoms with Gasteiger partial charge in [0, 0.05) is 0 Å². The van der Waals surface area contributed by atoms with E-state index in [4.69, 9.17) is 18.3 Å². The average molecular weight is 395 g/mol. The molecule has 0 rings (SSSR count). The zero-order valence-electron chi connectivity index (χ0n) is 17.6. The predicted molar refractivity (Wildman–Crippen MR) is 99.1 cm³/mol. The van der Waals surface area contributed by atoms with Crippen LogP contribution in [0.1, 0.15) is 69.2 Å². The van der Waals surface area contributed by atoms with Crippen LogP contribution in [0.3, 0.4) is 0 Å². The van der Waals surface area contributed by atoms with Gasteiger partial charge in [0.1, 0.15) is 11.6 Å². The molecule has 8 nitrogen and oxygen atoms in total. The molecule has 154 valence electrons. The Balaban J connectivity index is 5.16. The van der Waals surface area contributed by atoms with Crippen LogP contribution in [0.5, 0.6) is 0 Å². The lowest BCUT2D eigenvalue weighted by Gasteiger charge is -2.31. The SMILES string of the molecule is CC(=O)[C@@H](COP(=O)(OC(C)(C)C)OC(C)(C)C)NC(=O)OC(C)(C)C. The van der Waals surface area contributed by atoms with Crippen molar-refractivity contribution in [1.29, 1.82) is 0 Å². The number of Topliss-reactive ketones (excluding diaryl/α,β-unsaturated/α-hetero) is 1. The highest BCUT2D eigenvalue weighted by Crippen LogP contribution is 2.55. The van der Waals surface area contributed by atoms with Crippen molar-refractivity contribution in [3.8, 4) is 0 Å². The molecule has 1 amide bonds. The van der Waals surface area contributed by atoms with E-state index in [1.54, 1.807) is 62.3 Å². The molecule has 0 radical (unpaired) electrons. The molecule has 9 heteroatoms. The summed E-state index contributed by atoms with van der Waals surface area (Å²) in [6.07, 6.45) is -0.774. The first kappa shape index (κ1) is 25.1. The van der Waals surface area contributed by atoms with Gasteiger partial charge in [0.05, 0.1) is 17.8 Å². The van der Waals surface area contributed by atoms with E-state index in [9.17, 15) is 14.2 Å². The van der Waals surface area contributed by atoms with E-state index in [1.165, 1.54) is 6.92 Å². The number of phosphoric ester groups is 1. The highest BCUT2D eigenvalue weighted by molar-refractivity contribution is 7.48. The van der Waals surface area contributed by atoms with Gasteiger partial charge in [-0.3, -0.25) is 18.4 Å². The van der Waals surface area contributed by atoms with Crippen molar-refractivity contribution >= 4 is 19.7 Å². The first-order valence-corrected chi connectivity index (χ1v) is 9.94. The van der Waals surface area contributed by atoms with Crippen LogP contribution in [-0.2, 0) is 27.7 Å². The monoisotopic (exact) mass is 395 g/mol. The van der Waals surface area contributed by atoms with Crippen LogP contribution in [0.2, 0.25) is 0 Å². The van der Waals surface area contributed by atoms with Gasteiger partial charge in [0.25, 0.3) is 0 Å². The Morgan fingerprint density at radius 1 is 0.885 bits per heavy atom. The molecule has 0 bridgehead atoms. The summed E-state index contributed by atoms with van der Waals surface area (Å²) in [6, 6.07) is -1.05. The lowest BCUT2D eigenvalue weighted by atomic mass is 10.2. The van der Waals surface area contributed by atoms with Gasteiger partial charge < -0.3 is 10.1 Å². The van der Waals surface area contributed by atoms with Crippen LogP contribution >= 0.6 is 7.82 Å². The van der Waals surface area contributed by atoms with E-state index in [-0.39, 0.29) is 12.4 Å². The van der Waals surface area contributed by atoms with E-state index in [0.29, 0.717) is 0 Å². The molecule has 1 atom stereocenters. The summed E-state index contributed by atoms with van der Waals surface area (Å²) in [4.78, 5) is 23.7. The Morgan fingerprint density at radius 3 is 1.62 bits per heavy atom. The third kappa shape index (κ3) is 12.4. The first-order valence-electron chi connectivity index (χ1n) is 8.48. The van der Waals surface area contributed by atoms with Crippen LogP contribution in [0.25, 0.3) is 0 Å². The van der Waals surface area contributed by atoms with Crippen LogP contribution in [0.4, 0.5) is 4.79 Å². The second-order valence-corrected chi connectivity index (χ2v) is 10.5. The van der Waals surface area contributed by atoms with Crippen molar-refractivity contribution < 1.29 is 32.5 Å². The zero-order chi connectivity index (χ0) is 21.0. The maximum absolute atomic E-state index is 13.0. The molecule has 0 aliphatic carbocycles. The van der Waals surface area contributed by atoms with Crippen LogP contribution < -0.4 is 5.32 Å². The fourth-order valence-electron chi connectivity index (χ4n) is 1.62. The van der Waals surface area contributed by atoms with E-state index in [2.05, 4.69) is 5.32 Å². The van der Waals surface area contributed by atoms with Gasteiger partial charge in [-0.2, -0.15) is 0 Å². The molecule has 0 aliphatic heterocycles. The van der Waals surface area contributed by atoms with Crippen molar-refractivity contribution in [2.24, 2.45) is 0 Å². The van der Waals surface area contributed by atoms with Gasteiger partial charge in [0.2, 0.25) is 0 Å². The van der Waals surface area contributed by atoms with Crippen molar-refractivity contribution in [1.82, 2.24) is 5.32 Å². The summed E-state index contributed by atoms with van der Waals surface area (Å²) < 4.78 is 34.4. The number of ether oxygens (including phenoxy) is 1. The van der Waals surface area contributed by atoms with E-state index >= 15 is 0 Å². The molecule has 26 heavy (non-hydrogen) atoms. The lowest BCUT2D eigenvalue weighted by molar-refractivity contribution is -0.119. The number of ketones is 1. The minimum atomic E-state index is -3.98. The number of phosphoric acid groups is 1. The maximum Gasteiger partial charge on any atom is 0.475 e. The Labute approximate surface area is 156 Å². The molecule has 0 spiro atoms. The number of nitrogens with one attached hydrogen (secondary N) is 1. The minimum Gasteiger partial charge on any atom is -0.444 e. The summed E-state index contributed by atoms with van der Waals surface area (Å²) in [5.74, 6) is -0.381. The molecule has 0 unspecified atom stereocenters. The van der Waals surface area contributed by atoms with Gasteiger partial charge in [-0.1, -0.05) is 0 Å². The molecule has 0 saturated carbocycles. The van der Waals surface area contributed by atoms with Crippen molar-refractivity contribution in [2.75, 3.05) is 6.61 Å². The number of rotatable bonds is 7. The highest BCUT2D eigenvalue weighted by atomic mass is 31.2. The molecule has 0 saturated heterocycles. The van der Waals surface area contributed by atoms with Gasteiger partial charge >= 0.3 is 13.9 Å². The Hall–Kier alpha value is -0.950. The fraction of sp³-hybridized carbons (Fsp3) is 0.882. The molecule has 0 aromatic rings. The molecular weight excluding hydrogens is 361 g/mol. The van der Waals surface area contributed by atoms with E-state index in [1.807, 2.05) is 0 Å². The number of carbonyl (C=O) groups excluding carboxylic acids is 2.